The topological polar surface area (TPSA) is 77.1 Å². The average Bonchev–Trinajstić information content (AvgIpc) is 3.33. The third kappa shape index (κ3) is 4.69. The molecule has 0 saturated heterocycles. The lowest BCUT2D eigenvalue weighted by atomic mass is 10.2. The molecule has 1 N–H and O–H groups in total. The summed E-state index contributed by atoms with van der Waals surface area (Å²) in [6.07, 6.45) is -4.74. The molecule has 0 bridgehead atoms. The van der Waals surface area contributed by atoms with Gasteiger partial charge in [-0.05, 0) is 34.1 Å². The van der Waals surface area contributed by atoms with E-state index >= 15 is 0 Å². The highest BCUT2D eigenvalue weighted by molar-refractivity contribution is 9.10. The number of hydrogen-bond acceptors (Lipinski definition) is 4. The molecule has 0 spiro atoms. The number of fused-ring (bicyclic) bond motifs is 1. The lowest BCUT2D eigenvalue weighted by molar-refractivity contribution is 0.102. The van der Waals surface area contributed by atoms with Crippen molar-refractivity contribution in [1.82, 2.24) is 24.4 Å². The number of carbonyl (C=O) groups is 1. The highest BCUT2D eigenvalue weighted by atomic mass is 79.9. The fourth-order valence-electron chi connectivity index (χ4n) is 2.98. The molecule has 1 amide bonds. The number of anilines is 1. The van der Waals surface area contributed by atoms with Crippen LogP contribution >= 0.6 is 27.5 Å². The van der Waals surface area contributed by atoms with Gasteiger partial charge in [-0.1, -0.05) is 17.7 Å². The first-order valence-corrected chi connectivity index (χ1v) is 10.2. The van der Waals surface area contributed by atoms with Crippen LogP contribution in [0.4, 0.5) is 27.8 Å². The predicted molar refractivity (Wildman–Crippen MR) is 111 cm³/mol. The van der Waals surface area contributed by atoms with Crippen LogP contribution in [0.2, 0.25) is 5.02 Å². The van der Waals surface area contributed by atoms with Crippen molar-refractivity contribution >= 4 is 44.9 Å². The van der Waals surface area contributed by atoms with Gasteiger partial charge in [0, 0.05) is 22.8 Å². The normalized spacial score (nSPS) is 11.7. The molecule has 14 heteroatoms. The van der Waals surface area contributed by atoms with Crippen LogP contribution in [-0.4, -0.2) is 30.3 Å². The predicted octanol–water partition coefficient (Wildman–Crippen LogP) is 5.66. The van der Waals surface area contributed by atoms with Crippen LogP contribution < -0.4 is 5.32 Å². The molecule has 4 aromatic rings. The molecule has 0 saturated carbocycles. The highest BCUT2D eigenvalue weighted by Gasteiger charge is 2.23. The maximum absolute atomic E-state index is 14.0. The number of hydrogen-bond donors (Lipinski definition) is 1. The Morgan fingerprint density at radius 2 is 1.91 bits per heavy atom. The molecule has 33 heavy (non-hydrogen) atoms. The number of amides is 1. The number of aromatic nitrogens is 5. The summed E-state index contributed by atoms with van der Waals surface area (Å²) in [5, 5.41) is 10.5. The summed E-state index contributed by atoms with van der Waals surface area (Å²) in [7, 11) is 0. The Kier molecular flexibility index (Phi) is 6.34. The minimum Gasteiger partial charge on any atom is -0.303 e. The van der Waals surface area contributed by atoms with Gasteiger partial charge in [-0.3, -0.25) is 9.48 Å². The molecule has 0 aliphatic heterocycles. The van der Waals surface area contributed by atoms with Crippen molar-refractivity contribution in [2.75, 3.05) is 5.32 Å². The number of halogens is 7. The van der Waals surface area contributed by atoms with E-state index in [-0.39, 0.29) is 34.3 Å². The molecule has 0 unspecified atom stereocenters. The van der Waals surface area contributed by atoms with Crippen LogP contribution in [0, 0.1) is 5.82 Å². The van der Waals surface area contributed by atoms with Crippen molar-refractivity contribution in [2.45, 2.75) is 19.4 Å². The Hall–Kier alpha value is -3.06. The Morgan fingerprint density at radius 3 is 2.58 bits per heavy atom. The molecule has 4 rings (SSSR count). The van der Waals surface area contributed by atoms with Crippen LogP contribution in [0.3, 0.4) is 0 Å². The number of nitrogens with one attached hydrogen (secondary N) is 1. The fourth-order valence-corrected chi connectivity index (χ4v) is 3.61. The summed E-state index contributed by atoms with van der Waals surface area (Å²) in [5.74, 6) is -1.36. The van der Waals surface area contributed by atoms with Gasteiger partial charge in [-0.15, -0.1) is 0 Å². The maximum Gasteiger partial charge on any atom is 0.280 e. The molecule has 0 radical (unpaired) electrons. The van der Waals surface area contributed by atoms with Gasteiger partial charge in [-0.25, -0.2) is 31.5 Å². The molecule has 0 aliphatic carbocycles. The molecule has 7 nitrogen and oxygen atoms in total. The molecular weight excluding hydrogens is 539 g/mol. The molecular formula is C19H11BrClF5N6O. The Balaban J connectivity index is 1.60. The third-order valence-corrected chi connectivity index (χ3v) is 5.42. The molecule has 172 valence electrons. The van der Waals surface area contributed by atoms with Gasteiger partial charge in [0.2, 0.25) is 0 Å². The zero-order valence-corrected chi connectivity index (χ0v) is 18.5. The maximum atomic E-state index is 14.0. The molecule has 1 aromatic carbocycles. The zero-order valence-electron chi connectivity index (χ0n) is 16.1. The molecule has 0 atom stereocenters. The van der Waals surface area contributed by atoms with E-state index in [1.165, 1.54) is 29.1 Å². The summed E-state index contributed by atoms with van der Waals surface area (Å²) in [6.45, 7) is -0.0353. The van der Waals surface area contributed by atoms with Gasteiger partial charge in [0.05, 0.1) is 11.0 Å². The Bertz CT molecular complexity index is 1340. The second kappa shape index (κ2) is 9.06. The highest BCUT2D eigenvalue weighted by Crippen LogP contribution is 2.27. The lowest BCUT2D eigenvalue weighted by Gasteiger charge is -2.06. The van der Waals surface area contributed by atoms with Gasteiger partial charge in [0.1, 0.15) is 17.2 Å². The molecule has 3 aromatic heterocycles. The zero-order chi connectivity index (χ0) is 23.9. The van der Waals surface area contributed by atoms with E-state index in [9.17, 15) is 26.7 Å². The Labute approximate surface area is 195 Å². The monoisotopic (exact) mass is 548 g/mol. The van der Waals surface area contributed by atoms with Crippen molar-refractivity contribution in [2.24, 2.45) is 0 Å². The van der Waals surface area contributed by atoms with E-state index in [1.54, 1.807) is 0 Å². The third-order valence-electron chi connectivity index (χ3n) is 4.49. The lowest BCUT2D eigenvalue weighted by Crippen LogP contribution is -2.14. The van der Waals surface area contributed by atoms with E-state index in [0.717, 1.165) is 6.07 Å². The minimum absolute atomic E-state index is 0.0276. The summed E-state index contributed by atoms with van der Waals surface area (Å²) in [6, 6.07) is 5.75. The summed E-state index contributed by atoms with van der Waals surface area (Å²) in [4.78, 5) is 16.2. The number of benzene rings is 1. The molecule has 3 heterocycles. The fraction of sp³-hybridized carbons (Fsp3) is 0.158. The van der Waals surface area contributed by atoms with Gasteiger partial charge in [-0.2, -0.15) is 10.2 Å². The Morgan fingerprint density at radius 1 is 1.15 bits per heavy atom. The van der Waals surface area contributed by atoms with Crippen molar-refractivity contribution in [3.63, 3.8) is 0 Å². The van der Waals surface area contributed by atoms with Crippen molar-refractivity contribution in [3.8, 4) is 0 Å². The molecule has 0 aliphatic rings. The number of rotatable bonds is 6. The van der Waals surface area contributed by atoms with Crippen molar-refractivity contribution in [3.05, 3.63) is 74.5 Å². The first kappa shape index (κ1) is 23.1. The van der Waals surface area contributed by atoms with Crippen molar-refractivity contribution < 1.29 is 26.7 Å². The number of alkyl halides is 4. The van der Waals surface area contributed by atoms with E-state index in [1.807, 2.05) is 0 Å². The number of carbonyl (C=O) groups excluding carboxylic acids is 1. The number of nitrogens with zero attached hydrogens (tertiary/aromatic N) is 5. The first-order valence-electron chi connectivity index (χ1n) is 9.08. The average molecular weight is 550 g/mol. The van der Waals surface area contributed by atoms with E-state index in [0.29, 0.717) is 15.1 Å². The second-order valence-corrected chi connectivity index (χ2v) is 7.95. The van der Waals surface area contributed by atoms with E-state index in [2.05, 4.69) is 36.4 Å². The smallest absolute Gasteiger partial charge is 0.280 e. The molecule has 0 fully saturated rings. The SMILES string of the molecule is O=C(Nc1nn(Cc2c(F)cccc2Cl)cc1Br)c1cc2nc(C(F)F)cc(C(F)F)n2n1. The summed E-state index contributed by atoms with van der Waals surface area (Å²) in [5.41, 5.74) is -2.20. The van der Waals surface area contributed by atoms with Gasteiger partial charge in [0.25, 0.3) is 18.8 Å². The van der Waals surface area contributed by atoms with Gasteiger partial charge < -0.3 is 5.32 Å². The quantitative estimate of drug-likeness (QED) is 0.315. The van der Waals surface area contributed by atoms with Crippen LogP contribution in [-0.2, 0) is 6.54 Å². The van der Waals surface area contributed by atoms with Crippen LogP contribution in [0.25, 0.3) is 5.65 Å². The largest absolute Gasteiger partial charge is 0.303 e. The summed E-state index contributed by atoms with van der Waals surface area (Å²) < 4.78 is 68.9. The van der Waals surface area contributed by atoms with Crippen LogP contribution in [0.15, 0.2) is 41.0 Å². The van der Waals surface area contributed by atoms with E-state index in [4.69, 9.17) is 11.6 Å². The van der Waals surface area contributed by atoms with Gasteiger partial charge >= 0.3 is 0 Å². The van der Waals surface area contributed by atoms with Crippen LogP contribution in [0.5, 0.6) is 0 Å². The summed E-state index contributed by atoms with van der Waals surface area (Å²) >= 11 is 9.23. The second-order valence-electron chi connectivity index (χ2n) is 6.68. The minimum atomic E-state index is -3.13. The first-order chi connectivity index (χ1) is 15.6. The van der Waals surface area contributed by atoms with Gasteiger partial charge in [0.15, 0.2) is 17.2 Å². The van der Waals surface area contributed by atoms with Crippen LogP contribution in [0.1, 0.15) is 40.3 Å². The van der Waals surface area contributed by atoms with E-state index < -0.39 is 36.0 Å². The van der Waals surface area contributed by atoms with Crippen molar-refractivity contribution in [1.29, 1.82) is 0 Å². The standard InChI is InChI=1S/C19H11BrClF5N6O/c20-9-7-31(6-8-10(21)2-1-3-11(8)22)30-18(9)28-19(33)13-5-15-27-12(16(23)24)4-14(17(25)26)32(15)29-13/h1-5,7,16-17H,6H2,(H,28,30,33).